The van der Waals surface area contributed by atoms with Gasteiger partial charge in [-0.3, -0.25) is 4.98 Å². The number of hydrogen-bond acceptors (Lipinski definition) is 3. The van der Waals surface area contributed by atoms with Crippen LogP contribution in [0.1, 0.15) is 11.1 Å². The van der Waals surface area contributed by atoms with Crippen LogP contribution in [0.3, 0.4) is 0 Å². The smallest absolute Gasteiger partial charge is 0.0998 e. The Balaban J connectivity index is 2.65. The summed E-state index contributed by atoms with van der Waals surface area (Å²) in [5.41, 5.74) is 2.56. The predicted molar refractivity (Wildman–Crippen MR) is 57.9 cm³/mol. The van der Waals surface area contributed by atoms with Crippen LogP contribution in [-0.2, 0) is 0 Å². The van der Waals surface area contributed by atoms with Gasteiger partial charge in [0.15, 0.2) is 0 Å². The zero-order chi connectivity index (χ0) is 11.4. The van der Waals surface area contributed by atoms with Crippen LogP contribution in [0.25, 0.3) is 11.1 Å². The maximum Gasteiger partial charge on any atom is 0.0998 e. The molecule has 0 spiro atoms. The Kier molecular flexibility index (Phi) is 2.63. The molecule has 0 amide bonds. The molecular formula is C13H6N3. The second kappa shape index (κ2) is 4.25. The Morgan fingerprint density at radius 2 is 2.06 bits per heavy atom. The molecule has 73 valence electrons. The van der Waals surface area contributed by atoms with Crippen LogP contribution >= 0.6 is 0 Å². The van der Waals surface area contributed by atoms with Crippen LogP contribution in [0.5, 0.6) is 0 Å². The zero-order valence-electron chi connectivity index (χ0n) is 8.31. The van der Waals surface area contributed by atoms with Gasteiger partial charge in [-0.15, -0.1) is 0 Å². The number of hydrogen-bond donors (Lipinski definition) is 0. The molecule has 1 heterocycles. The van der Waals surface area contributed by atoms with Crippen molar-refractivity contribution in [3.8, 4) is 23.3 Å². The highest BCUT2D eigenvalue weighted by Crippen LogP contribution is 2.23. The molecule has 0 fully saturated rings. The number of aromatic nitrogens is 1. The van der Waals surface area contributed by atoms with Gasteiger partial charge in [-0.25, -0.2) is 0 Å². The summed E-state index contributed by atoms with van der Waals surface area (Å²) in [6.07, 6.45) is 3.19. The van der Waals surface area contributed by atoms with Crippen LogP contribution in [0.15, 0.2) is 36.7 Å². The molecule has 0 aliphatic rings. The molecule has 1 aromatic heterocycles. The molecule has 1 radical (unpaired) electrons. The molecule has 2 rings (SSSR count). The van der Waals surface area contributed by atoms with E-state index in [0.29, 0.717) is 16.7 Å². The number of benzene rings is 1. The minimum absolute atomic E-state index is 0.526. The summed E-state index contributed by atoms with van der Waals surface area (Å²) in [5.74, 6) is 0. The normalized spacial score (nSPS) is 9.12. The van der Waals surface area contributed by atoms with E-state index in [-0.39, 0.29) is 0 Å². The lowest BCUT2D eigenvalue weighted by Crippen LogP contribution is -1.87. The van der Waals surface area contributed by atoms with Crippen molar-refractivity contribution in [1.29, 1.82) is 10.5 Å². The van der Waals surface area contributed by atoms with Crippen molar-refractivity contribution in [2.45, 2.75) is 0 Å². The summed E-state index contributed by atoms with van der Waals surface area (Å²) in [6.45, 7) is 0. The summed E-state index contributed by atoms with van der Waals surface area (Å²) < 4.78 is 0. The van der Waals surface area contributed by atoms with Gasteiger partial charge in [0.25, 0.3) is 0 Å². The van der Waals surface area contributed by atoms with Gasteiger partial charge in [-0.1, -0.05) is 0 Å². The summed E-state index contributed by atoms with van der Waals surface area (Å²) in [4.78, 5) is 3.94. The molecule has 0 bridgehead atoms. The zero-order valence-corrected chi connectivity index (χ0v) is 8.31. The molecule has 0 unspecified atom stereocenters. The van der Waals surface area contributed by atoms with Gasteiger partial charge in [0.2, 0.25) is 0 Å². The number of pyridine rings is 1. The molecule has 1 aromatic carbocycles. The summed E-state index contributed by atoms with van der Waals surface area (Å²) in [7, 11) is 0. The highest BCUT2D eigenvalue weighted by Gasteiger charge is 2.05. The highest BCUT2D eigenvalue weighted by atomic mass is 14.6. The van der Waals surface area contributed by atoms with Gasteiger partial charge in [0, 0.05) is 29.6 Å². The summed E-state index contributed by atoms with van der Waals surface area (Å²) in [5, 5.41) is 17.8. The second-order valence-corrected chi connectivity index (χ2v) is 3.16. The van der Waals surface area contributed by atoms with Crippen molar-refractivity contribution in [2.75, 3.05) is 0 Å². The first-order valence-corrected chi connectivity index (χ1v) is 4.61. The fourth-order valence-electron chi connectivity index (χ4n) is 1.42. The highest BCUT2D eigenvalue weighted by molar-refractivity contribution is 5.71. The SMILES string of the molecule is N#Cc1ccc(C#N)c(-c2c[c]cnc2)c1. The van der Waals surface area contributed by atoms with Crippen LogP contribution in [0.2, 0.25) is 0 Å². The Hall–Kier alpha value is -2.65. The fraction of sp³-hybridized carbons (Fsp3) is 0. The number of nitrogens with zero attached hydrogens (tertiary/aromatic N) is 3. The maximum absolute atomic E-state index is 8.98. The molecule has 16 heavy (non-hydrogen) atoms. The van der Waals surface area contributed by atoms with Crippen molar-refractivity contribution in [3.05, 3.63) is 53.9 Å². The molecule has 0 aliphatic heterocycles. The lowest BCUT2D eigenvalue weighted by molar-refractivity contribution is 1.32. The Bertz CT molecular complexity index is 589. The average Bonchev–Trinajstić information content (AvgIpc) is 2.39. The first-order chi connectivity index (χ1) is 7.85. The molecule has 0 saturated carbocycles. The van der Waals surface area contributed by atoms with E-state index in [4.69, 9.17) is 10.5 Å². The average molecular weight is 204 g/mol. The first-order valence-electron chi connectivity index (χ1n) is 4.61. The Morgan fingerprint density at radius 1 is 1.19 bits per heavy atom. The van der Waals surface area contributed by atoms with Gasteiger partial charge in [-0.05, 0) is 24.3 Å². The van der Waals surface area contributed by atoms with Crippen molar-refractivity contribution in [2.24, 2.45) is 0 Å². The Morgan fingerprint density at radius 3 is 2.69 bits per heavy atom. The molecule has 3 nitrogen and oxygen atoms in total. The van der Waals surface area contributed by atoms with Crippen LogP contribution in [0.4, 0.5) is 0 Å². The summed E-state index contributed by atoms with van der Waals surface area (Å²) >= 11 is 0. The van der Waals surface area contributed by atoms with E-state index in [1.165, 1.54) is 0 Å². The predicted octanol–water partition coefficient (Wildman–Crippen LogP) is 2.29. The van der Waals surface area contributed by atoms with Gasteiger partial charge in [0.05, 0.1) is 23.3 Å². The molecule has 0 N–H and O–H groups in total. The third-order valence-electron chi connectivity index (χ3n) is 2.18. The van der Waals surface area contributed by atoms with Crippen molar-refractivity contribution in [1.82, 2.24) is 4.98 Å². The third kappa shape index (κ3) is 1.75. The van der Waals surface area contributed by atoms with E-state index < -0.39 is 0 Å². The first kappa shape index (κ1) is 9.89. The van der Waals surface area contributed by atoms with E-state index in [1.54, 1.807) is 36.7 Å². The fourth-order valence-corrected chi connectivity index (χ4v) is 1.42. The van der Waals surface area contributed by atoms with E-state index in [9.17, 15) is 0 Å². The monoisotopic (exact) mass is 204 g/mol. The minimum Gasteiger partial charge on any atom is -0.263 e. The van der Waals surface area contributed by atoms with Crippen LogP contribution in [-0.4, -0.2) is 4.98 Å². The molecular weight excluding hydrogens is 198 g/mol. The van der Waals surface area contributed by atoms with Crippen LogP contribution in [0, 0.1) is 28.7 Å². The van der Waals surface area contributed by atoms with Gasteiger partial charge >= 0.3 is 0 Å². The summed E-state index contributed by atoms with van der Waals surface area (Å²) in [6, 6.07) is 13.7. The van der Waals surface area contributed by atoms with Gasteiger partial charge in [0.1, 0.15) is 0 Å². The van der Waals surface area contributed by atoms with Gasteiger partial charge in [-0.2, -0.15) is 10.5 Å². The van der Waals surface area contributed by atoms with E-state index in [1.807, 2.05) is 6.07 Å². The molecule has 0 atom stereocenters. The maximum atomic E-state index is 8.98. The van der Waals surface area contributed by atoms with E-state index in [0.717, 1.165) is 5.56 Å². The lowest BCUT2D eigenvalue weighted by Gasteiger charge is -2.03. The molecule has 2 aromatic rings. The largest absolute Gasteiger partial charge is 0.263 e. The van der Waals surface area contributed by atoms with Gasteiger partial charge < -0.3 is 0 Å². The van der Waals surface area contributed by atoms with Crippen LogP contribution < -0.4 is 0 Å². The topological polar surface area (TPSA) is 60.5 Å². The minimum atomic E-state index is 0.526. The Labute approximate surface area is 93.2 Å². The van der Waals surface area contributed by atoms with Crippen molar-refractivity contribution >= 4 is 0 Å². The van der Waals surface area contributed by atoms with Crippen molar-refractivity contribution < 1.29 is 0 Å². The molecule has 0 saturated heterocycles. The second-order valence-electron chi connectivity index (χ2n) is 3.16. The quantitative estimate of drug-likeness (QED) is 0.716. The number of rotatable bonds is 1. The molecule has 0 aliphatic carbocycles. The van der Waals surface area contributed by atoms with E-state index in [2.05, 4.69) is 17.1 Å². The molecule has 3 heteroatoms. The lowest BCUT2D eigenvalue weighted by atomic mass is 9.99. The van der Waals surface area contributed by atoms with E-state index >= 15 is 0 Å². The standard InChI is InChI=1S/C13H6N3/c14-7-10-3-4-11(8-15)13(6-10)12-2-1-5-16-9-12/h2-6,9H. The van der Waals surface area contributed by atoms with Crippen molar-refractivity contribution in [3.63, 3.8) is 0 Å². The number of nitriles is 2. The third-order valence-corrected chi connectivity index (χ3v) is 2.18.